The van der Waals surface area contributed by atoms with Gasteiger partial charge in [-0.05, 0) is 66.5 Å². The molecule has 0 bridgehead atoms. The van der Waals surface area contributed by atoms with Gasteiger partial charge in [0.15, 0.2) is 0 Å². The van der Waals surface area contributed by atoms with Crippen LogP contribution >= 0.6 is 0 Å². The number of ketones is 1. The topological polar surface area (TPSA) is 37.3 Å². The first-order chi connectivity index (χ1) is 15.9. The van der Waals surface area contributed by atoms with Crippen LogP contribution in [-0.4, -0.2) is 34.8 Å². The molecule has 1 N–H and O–H groups in total. The van der Waals surface area contributed by atoms with Gasteiger partial charge in [0.2, 0.25) is 0 Å². The highest BCUT2D eigenvalue weighted by molar-refractivity contribution is 5.87. The summed E-state index contributed by atoms with van der Waals surface area (Å²) in [7, 11) is 0. The summed E-state index contributed by atoms with van der Waals surface area (Å²) >= 11 is 0. The molecule has 35 heavy (non-hydrogen) atoms. The second kappa shape index (κ2) is 8.11. The summed E-state index contributed by atoms with van der Waals surface area (Å²) in [5.41, 5.74) is 0.972. The number of carbonyl (C=O) groups is 1. The summed E-state index contributed by atoms with van der Waals surface area (Å²) in [5.74, 6) is -18.7. The number of rotatable bonds is 5. The number of hydrogen-bond acceptors (Lipinski definition) is 2. The van der Waals surface area contributed by atoms with E-state index in [0.29, 0.717) is 31.2 Å². The number of Topliss-reactive ketones (excluding diaryl/α,β-unsaturated/α-hetero) is 1. The molecule has 2 fully saturated rings. The number of carbonyl (C=O) groups excluding carboxylic acids is 1. The van der Waals surface area contributed by atoms with E-state index in [1.165, 1.54) is 12.1 Å². The Morgan fingerprint density at radius 3 is 2.26 bits per heavy atom. The van der Waals surface area contributed by atoms with Gasteiger partial charge in [-0.3, -0.25) is 4.79 Å². The van der Waals surface area contributed by atoms with Gasteiger partial charge in [-0.25, -0.2) is 0 Å². The molecule has 11 heteroatoms. The lowest BCUT2D eigenvalue weighted by Gasteiger charge is -2.48. The van der Waals surface area contributed by atoms with Crippen molar-refractivity contribution in [1.82, 2.24) is 0 Å². The standard InChI is InChI=1S/C24H25F9O2/c1-20-9-8-15-14-4-3-13(10-12(14)2-5-16(15)17(20)6-7-19(20)35)18(34)11-21(25,26)22(27,28)23(29,30)24(31,32)33/h3-4,10,15-18,34H,2,5-9,11H2,1H3/t15-,16-,17+,18?,20+/m1/s1. The predicted molar refractivity (Wildman–Crippen MR) is 107 cm³/mol. The van der Waals surface area contributed by atoms with Gasteiger partial charge in [0.1, 0.15) is 5.78 Å². The maximum atomic E-state index is 14.0. The summed E-state index contributed by atoms with van der Waals surface area (Å²) < 4.78 is 118. The van der Waals surface area contributed by atoms with Crippen LogP contribution in [0.4, 0.5) is 39.5 Å². The van der Waals surface area contributed by atoms with E-state index in [9.17, 15) is 49.4 Å². The molecule has 0 aromatic heterocycles. The largest absolute Gasteiger partial charge is 0.460 e. The molecular weight excluding hydrogens is 491 g/mol. The Bertz CT molecular complexity index is 1000. The third-order valence-electron chi connectivity index (χ3n) is 8.50. The number of aryl methyl sites for hydroxylation is 1. The molecule has 196 valence electrons. The second-order valence-electron chi connectivity index (χ2n) is 10.4. The average molecular weight is 516 g/mol. The van der Waals surface area contributed by atoms with Gasteiger partial charge in [0.25, 0.3) is 0 Å². The van der Waals surface area contributed by atoms with E-state index < -0.39 is 36.5 Å². The minimum atomic E-state index is -6.98. The summed E-state index contributed by atoms with van der Waals surface area (Å²) in [5, 5.41) is 10.1. The Hall–Kier alpha value is -1.78. The average Bonchev–Trinajstić information content (AvgIpc) is 3.06. The van der Waals surface area contributed by atoms with Crippen molar-refractivity contribution in [3.63, 3.8) is 0 Å². The number of alkyl halides is 9. The lowest BCUT2D eigenvalue weighted by molar-refractivity contribution is -0.398. The summed E-state index contributed by atoms with van der Waals surface area (Å²) in [6.45, 7) is 2.00. The molecule has 3 aliphatic carbocycles. The van der Waals surface area contributed by atoms with Gasteiger partial charge in [0, 0.05) is 18.3 Å². The lowest BCUT2D eigenvalue weighted by Crippen LogP contribution is -2.61. The van der Waals surface area contributed by atoms with Crippen molar-refractivity contribution < 1.29 is 49.4 Å². The van der Waals surface area contributed by atoms with Crippen molar-refractivity contribution in [2.24, 2.45) is 17.3 Å². The molecule has 4 rings (SSSR count). The van der Waals surface area contributed by atoms with Crippen molar-refractivity contribution in [3.8, 4) is 0 Å². The Labute approximate surface area is 195 Å². The van der Waals surface area contributed by atoms with E-state index in [0.717, 1.165) is 18.4 Å². The van der Waals surface area contributed by atoms with Crippen LogP contribution in [0.1, 0.15) is 74.2 Å². The van der Waals surface area contributed by atoms with Crippen LogP contribution in [0.25, 0.3) is 0 Å². The number of hydrogen-bond donors (Lipinski definition) is 1. The number of aliphatic hydroxyl groups excluding tert-OH is 1. The Morgan fingerprint density at radius 1 is 0.971 bits per heavy atom. The van der Waals surface area contributed by atoms with Gasteiger partial charge in [-0.2, -0.15) is 39.5 Å². The fraction of sp³-hybridized carbons (Fsp3) is 0.708. The highest BCUT2D eigenvalue weighted by atomic mass is 19.4. The van der Waals surface area contributed by atoms with Gasteiger partial charge < -0.3 is 5.11 Å². The fourth-order valence-corrected chi connectivity index (χ4v) is 6.48. The maximum absolute atomic E-state index is 14.0. The monoisotopic (exact) mass is 516 g/mol. The zero-order chi connectivity index (χ0) is 26.2. The normalized spacial score (nSPS) is 30.5. The van der Waals surface area contributed by atoms with Crippen LogP contribution in [0.3, 0.4) is 0 Å². The molecule has 1 aromatic rings. The maximum Gasteiger partial charge on any atom is 0.460 e. The third-order valence-corrected chi connectivity index (χ3v) is 8.50. The zero-order valence-corrected chi connectivity index (χ0v) is 18.7. The van der Waals surface area contributed by atoms with E-state index in [1.807, 2.05) is 6.92 Å². The van der Waals surface area contributed by atoms with Crippen LogP contribution in [0, 0.1) is 17.3 Å². The molecular formula is C24H25F9O2. The summed E-state index contributed by atoms with van der Waals surface area (Å²) in [4.78, 5) is 12.4. The first kappa shape index (κ1) is 26.3. The fourth-order valence-electron chi connectivity index (χ4n) is 6.48. The van der Waals surface area contributed by atoms with Crippen LogP contribution in [0.15, 0.2) is 18.2 Å². The zero-order valence-electron chi connectivity index (χ0n) is 18.7. The second-order valence-corrected chi connectivity index (χ2v) is 10.4. The highest BCUT2D eigenvalue weighted by Gasteiger charge is 2.81. The molecule has 3 aliphatic rings. The quantitative estimate of drug-likeness (QED) is 0.428. The number of aliphatic hydroxyl groups is 1. The van der Waals surface area contributed by atoms with E-state index in [-0.39, 0.29) is 34.5 Å². The van der Waals surface area contributed by atoms with Gasteiger partial charge >= 0.3 is 23.9 Å². The molecule has 0 heterocycles. The number of fused-ring (bicyclic) bond motifs is 5. The van der Waals surface area contributed by atoms with Crippen molar-refractivity contribution in [2.45, 2.75) is 87.8 Å². The third kappa shape index (κ3) is 3.87. The SMILES string of the molecule is C[C@]12CC[C@@H]3c4ccc(C(O)CC(F)(F)C(F)(F)C(F)(F)C(F)(F)F)cc4CC[C@H]3[C@@H]1CCC2=O. The molecule has 2 saturated carbocycles. The van der Waals surface area contributed by atoms with Crippen LogP contribution < -0.4 is 0 Å². The number of halogens is 9. The van der Waals surface area contributed by atoms with Crippen molar-refractivity contribution in [3.05, 3.63) is 34.9 Å². The number of benzene rings is 1. The van der Waals surface area contributed by atoms with E-state index in [2.05, 4.69) is 0 Å². The Morgan fingerprint density at radius 2 is 1.63 bits per heavy atom. The highest BCUT2D eigenvalue weighted by Crippen LogP contribution is 2.60. The molecule has 0 amide bonds. The van der Waals surface area contributed by atoms with Gasteiger partial charge in [-0.1, -0.05) is 25.1 Å². The summed E-state index contributed by atoms with van der Waals surface area (Å²) in [6.07, 6.45) is -7.63. The van der Waals surface area contributed by atoms with Crippen LogP contribution in [0.2, 0.25) is 0 Å². The van der Waals surface area contributed by atoms with Gasteiger partial charge in [-0.15, -0.1) is 0 Å². The van der Waals surface area contributed by atoms with Crippen molar-refractivity contribution in [1.29, 1.82) is 0 Å². The molecule has 1 aromatic carbocycles. The van der Waals surface area contributed by atoms with Gasteiger partial charge in [0.05, 0.1) is 6.10 Å². The molecule has 0 radical (unpaired) electrons. The Balaban J connectivity index is 1.54. The minimum absolute atomic E-state index is 0.102. The van der Waals surface area contributed by atoms with E-state index >= 15 is 0 Å². The van der Waals surface area contributed by atoms with Crippen molar-refractivity contribution in [2.75, 3.05) is 0 Å². The van der Waals surface area contributed by atoms with Crippen molar-refractivity contribution >= 4 is 5.78 Å². The first-order valence-corrected chi connectivity index (χ1v) is 11.5. The Kier molecular flexibility index (Phi) is 6.09. The predicted octanol–water partition coefficient (Wildman–Crippen LogP) is 7.00. The van der Waals surface area contributed by atoms with Crippen LogP contribution in [0.5, 0.6) is 0 Å². The van der Waals surface area contributed by atoms with E-state index in [1.54, 1.807) is 6.07 Å². The minimum Gasteiger partial charge on any atom is -0.388 e. The molecule has 0 spiro atoms. The summed E-state index contributed by atoms with van der Waals surface area (Å²) in [6, 6.07) is 4.13. The van der Waals surface area contributed by atoms with E-state index in [4.69, 9.17) is 0 Å². The lowest BCUT2D eigenvalue weighted by atomic mass is 9.55. The smallest absolute Gasteiger partial charge is 0.388 e. The molecule has 5 atom stereocenters. The van der Waals surface area contributed by atoms with Crippen LogP contribution in [-0.2, 0) is 11.2 Å². The molecule has 0 aliphatic heterocycles. The molecule has 1 unspecified atom stereocenters. The molecule has 0 saturated heterocycles. The first-order valence-electron chi connectivity index (χ1n) is 11.5. The molecule has 2 nitrogen and oxygen atoms in total.